The number of carbonyl (C=O) groups excluding carboxylic acids is 3. The van der Waals surface area contributed by atoms with Gasteiger partial charge in [-0.3, -0.25) is 9.59 Å². The molecule has 262 valence electrons. The van der Waals surface area contributed by atoms with Gasteiger partial charge in [0.1, 0.15) is 17.7 Å². The number of hydrogen-bond donors (Lipinski definition) is 3. The van der Waals surface area contributed by atoms with Gasteiger partial charge >= 0.3 is 6.09 Å². The van der Waals surface area contributed by atoms with Crippen molar-refractivity contribution in [3.63, 3.8) is 0 Å². The van der Waals surface area contributed by atoms with Crippen LogP contribution in [-0.4, -0.2) is 111 Å². The molecule has 0 unspecified atom stereocenters. The molecule has 0 spiro atoms. The second-order valence-electron chi connectivity index (χ2n) is 11.9. The molecule has 0 radical (unpaired) electrons. The average Bonchev–Trinajstić information content (AvgIpc) is 3.94. The summed E-state index contributed by atoms with van der Waals surface area (Å²) in [6, 6.07) is -1.06. The number of thiazole rings is 2. The summed E-state index contributed by atoms with van der Waals surface area (Å²) in [5.41, 5.74) is 1.66. The minimum atomic E-state index is -0.763. The zero-order valence-corrected chi connectivity index (χ0v) is 29.4. The van der Waals surface area contributed by atoms with Crippen LogP contribution in [0.4, 0.5) is 4.79 Å². The highest BCUT2D eigenvalue weighted by molar-refractivity contribution is 7.24. The summed E-state index contributed by atoms with van der Waals surface area (Å²) >= 11 is 3.02. The van der Waals surface area contributed by atoms with Crippen molar-refractivity contribution in [1.82, 2.24) is 45.0 Å². The number of amides is 3. The molecule has 0 saturated carbocycles. The summed E-state index contributed by atoms with van der Waals surface area (Å²) in [6.45, 7) is 2.19. The van der Waals surface area contributed by atoms with E-state index in [4.69, 9.17) is 14.2 Å². The molecule has 17 heteroatoms. The molecule has 2 saturated heterocycles. The summed E-state index contributed by atoms with van der Waals surface area (Å²) in [7, 11) is 4.47. The van der Waals surface area contributed by atoms with Gasteiger partial charge in [-0.05, 0) is 32.1 Å². The maximum absolute atomic E-state index is 13.5. The molecule has 6 rings (SSSR count). The van der Waals surface area contributed by atoms with E-state index in [9.17, 15) is 14.4 Å². The molecule has 0 aromatic carbocycles. The van der Waals surface area contributed by atoms with Crippen molar-refractivity contribution in [3.8, 4) is 31.2 Å². The first-order chi connectivity index (χ1) is 23.9. The zero-order chi connectivity index (χ0) is 34.3. The number of alkyl carbamates (subject to hydrolysis) is 1. The Balaban J connectivity index is 1.11. The third-order valence-corrected chi connectivity index (χ3v) is 11.0. The molecule has 3 N–H and O–H groups in total. The number of methoxy groups -OCH3 is 3. The van der Waals surface area contributed by atoms with Crippen LogP contribution in [0.3, 0.4) is 0 Å². The second-order valence-corrected chi connectivity index (χ2v) is 14.0. The maximum Gasteiger partial charge on any atom is 0.407 e. The fraction of sp³-hybridized carbons (Fsp3) is 0.531. The lowest BCUT2D eigenvalue weighted by molar-refractivity contribution is -0.135. The molecule has 49 heavy (non-hydrogen) atoms. The summed E-state index contributed by atoms with van der Waals surface area (Å²) in [6.07, 6.45) is 11.4. The number of hydrogen-bond acceptors (Lipinski definition) is 12. The third kappa shape index (κ3) is 7.84. The van der Waals surface area contributed by atoms with Gasteiger partial charge in [-0.1, -0.05) is 0 Å². The quantitative estimate of drug-likeness (QED) is 0.157. The molecular weight excluding hydrogens is 671 g/mol. The van der Waals surface area contributed by atoms with Crippen molar-refractivity contribution in [1.29, 1.82) is 0 Å². The number of imidazole rings is 2. The van der Waals surface area contributed by atoms with Gasteiger partial charge in [0.25, 0.3) is 0 Å². The molecule has 2 aliphatic rings. The van der Waals surface area contributed by atoms with Crippen LogP contribution in [0, 0.1) is 0 Å². The van der Waals surface area contributed by atoms with E-state index < -0.39 is 12.1 Å². The molecule has 0 aliphatic carbocycles. The van der Waals surface area contributed by atoms with Gasteiger partial charge in [0.05, 0.1) is 52.7 Å². The number of H-pyrrole nitrogens is 2. The van der Waals surface area contributed by atoms with Crippen molar-refractivity contribution in [2.45, 2.75) is 63.1 Å². The normalized spacial score (nSPS) is 18.3. The minimum absolute atomic E-state index is 0.0555. The molecule has 6 heterocycles. The Bertz CT molecular complexity index is 1730. The molecule has 3 atom stereocenters. The Kier molecular flexibility index (Phi) is 11.3. The lowest BCUT2D eigenvalue weighted by Crippen LogP contribution is -2.49. The Morgan fingerprint density at radius 2 is 1.41 bits per heavy atom. The zero-order valence-electron chi connectivity index (χ0n) is 27.8. The van der Waals surface area contributed by atoms with Crippen molar-refractivity contribution < 1.29 is 28.6 Å². The van der Waals surface area contributed by atoms with Gasteiger partial charge in [-0.15, -0.1) is 22.7 Å². The summed E-state index contributed by atoms with van der Waals surface area (Å²) in [5, 5.41) is 4.20. The van der Waals surface area contributed by atoms with E-state index in [1.54, 1.807) is 37.7 Å². The van der Waals surface area contributed by atoms with Crippen LogP contribution in [0.2, 0.25) is 0 Å². The third-order valence-electron chi connectivity index (χ3n) is 8.78. The van der Waals surface area contributed by atoms with E-state index in [-0.39, 0.29) is 23.9 Å². The van der Waals surface area contributed by atoms with Gasteiger partial charge in [0.2, 0.25) is 11.8 Å². The van der Waals surface area contributed by atoms with Crippen molar-refractivity contribution in [2.24, 2.45) is 0 Å². The van der Waals surface area contributed by atoms with E-state index in [2.05, 4.69) is 35.2 Å². The summed E-state index contributed by atoms with van der Waals surface area (Å²) in [4.78, 5) is 69.2. The number of likely N-dealkylation sites (tertiary alicyclic amines) is 2. The van der Waals surface area contributed by atoms with Gasteiger partial charge in [-0.2, -0.15) is 0 Å². The fourth-order valence-corrected chi connectivity index (χ4v) is 8.12. The summed E-state index contributed by atoms with van der Waals surface area (Å²) in [5.74, 6) is 1.42. The van der Waals surface area contributed by atoms with Gasteiger partial charge in [0.15, 0.2) is 10.0 Å². The van der Waals surface area contributed by atoms with Gasteiger partial charge in [-0.25, -0.2) is 24.7 Å². The predicted molar refractivity (Wildman–Crippen MR) is 183 cm³/mol. The van der Waals surface area contributed by atoms with Crippen LogP contribution in [0.15, 0.2) is 24.8 Å². The number of aromatic nitrogens is 6. The molecule has 3 amide bonds. The molecule has 15 nitrogen and oxygen atoms in total. The Labute approximate surface area is 291 Å². The van der Waals surface area contributed by atoms with Crippen LogP contribution in [0.1, 0.15) is 68.7 Å². The molecule has 0 bridgehead atoms. The average molecular weight is 712 g/mol. The first kappa shape index (κ1) is 34.7. The van der Waals surface area contributed by atoms with Crippen LogP contribution in [-0.2, 0) is 23.8 Å². The first-order valence-corrected chi connectivity index (χ1v) is 18.0. The monoisotopic (exact) mass is 711 g/mol. The maximum atomic E-state index is 13.5. The van der Waals surface area contributed by atoms with E-state index in [1.807, 2.05) is 11.1 Å². The number of nitrogens with one attached hydrogen (secondary N) is 3. The van der Waals surface area contributed by atoms with E-state index in [1.165, 1.54) is 29.8 Å². The fourth-order valence-electron chi connectivity index (χ4n) is 6.33. The second kappa shape index (κ2) is 16.0. The Morgan fingerprint density at radius 3 is 1.98 bits per heavy atom. The molecule has 2 fully saturated rings. The highest BCUT2D eigenvalue weighted by Crippen LogP contribution is 2.38. The van der Waals surface area contributed by atoms with Crippen molar-refractivity contribution in [3.05, 3.63) is 36.4 Å². The molecule has 2 aliphatic heterocycles. The van der Waals surface area contributed by atoms with Gasteiger partial charge in [0, 0.05) is 65.8 Å². The Hall–Kier alpha value is -4.19. The van der Waals surface area contributed by atoms with Crippen molar-refractivity contribution >= 4 is 40.6 Å². The topological polar surface area (TPSA) is 181 Å². The lowest BCUT2D eigenvalue weighted by Gasteiger charge is -2.28. The van der Waals surface area contributed by atoms with E-state index in [0.29, 0.717) is 44.8 Å². The lowest BCUT2D eigenvalue weighted by atomic mass is 10.1. The number of rotatable bonds is 14. The first-order valence-electron chi connectivity index (χ1n) is 16.3. The predicted octanol–water partition coefficient (Wildman–Crippen LogP) is 4.56. The van der Waals surface area contributed by atoms with E-state index >= 15 is 0 Å². The van der Waals surface area contributed by atoms with Crippen LogP contribution in [0.5, 0.6) is 0 Å². The minimum Gasteiger partial charge on any atom is -0.453 e. The van der Waals surface area contributed by atoms with E-state index in [0.717, 1.165) is 69.2 Å². The highest BCUT2D eigenvalue weighted by atomic mass is 32.1. The highest BCUT2D eigenvalue weighted by Gasteiger charge is 2.36. The number of ether oxygens (including phenoxy) is 3. The SMILES string of the molecule is COCCCC(=O)N1CCC[C@H]1c1ncc(-c2cnc(-c3ncc(-c4cnc([C@@H]5CCCN5C(=O)[C@H](CCOC)NC(=O)OC)[nH]4)s3)s2)[nH]1. The van der Waals surface area contributed by atoms with Crippen molar-refractivity contribution in [2.75, 3.05) is 47.6 Å². The largest absolute Gasteiger partial charge is 0.453 e. The summed E-state index contributed by atoms with van der Waals surface area (Å²) < 4.78 is 15.0. The number of nitrogens with zero attached hydrogens (tertiary/aromatic N) is 6. The number of aromatic amines is 2. The van der Waals surface area contributed by atoms with Crippen LogP contribution < -0.4 is 5.32 Å². The Morgan fingerprint density at radius 1 is 0.837 bits per heavy atom. The smallest absolute Gasteiger partial charge is 0.407 e. The van der Waals surface area contributed by atoms with Gasteiger partial charge < -0.3 is 39.3 Å². The number of carbonyl (C=O) groups is 3. The van der Waals surface area contributed by atoms with Crippen LogP contribution >= 0.6 is 22.7 Å². The molecule has 4 aromatic heterocycles. The standard InChI is InChI=1S/C32H41N9O6S2/c1-45-13-6-9-26(42)40-11-4-7-22(40)27-33-15-20(37-27)24-17-35-29(48-24)30-36-18-25(49-30)21-16-34-28(38-21)23-8-5-12-41(23)31(43)19(10-14-46-2)39-32(44)47-3/h15-19,22-23H,4-14H2,1-3H3,(H,33,37)(H,34,38)(H,39,44)/t19-,22-,23-/m0/s1. The van der Waals surface area contributed by atoms with Crippen LogP contribution in [0.25, 0.3) is 31.2 Å². The molecular formula is C32H41N9O6S2. The molecule has 4 aromatic rings.